The van der Waals surface area contributed by atoms with Crippen LogP contribution in [0.3, 0.4) is 0 Å². The normalized spacial score (nSPS) is 20.4. The topological polar surface area (TPSA) is 45.8 Å². The summed E-state index contributed by atoms with van der Waals surface area (Å²) in [5.41, 5.74) is 6.34. The molecule has 0 fully saturated rings. The molecule has 0 aliphatic carbocycles. The third-order valence-electron chi connectivity index (χ3n) is 8.32. The maximum Gasteiger partial charge on any atom is 0.165 e. The molecule has 42 heavy (non-hydrogen) atoms. The summed E-state index contributed by atoms with van der Waals surface area (Å²) in [6.07, 6.45) is 2.09. The number of aryl methyl sites for hydroxylation is 1. The molecule has 0 N–H and O–H groups in total. The molecule has 5 aromatic rings. The number of fused-ring (bicyclic) bond motifs is 2. The van der Waals surface area contributed by atoms with Crippen LogP contribution in [0.15, 0.2) is 134 Å². The molecular weight excluding hydrogens is 601 g/mol. The van der Waals surface area contributed by atoms with E-state index in [1.807, 2.05) is 22.9 Å². The number of aromatic nitrogens is 2. The van der Waals surface area contributed by atoms with E-state index in [4.69, 9.17) is 14.8 Å². The Kier molecular flexibility index (Phi) is 6.45. The lowest BCUT2D eigenvalue weighted by Gasteiger charge is -2.35. The Balaban J connectivity index is 1.66. The molecule has 1 atom stereocenters. The monoisotopic (exact) mass is 631 g/mol. The highest BCUT2D eigenvalue weighted by molar-refractivity contribution is 9.10. The second kappa shape index (κ2) is 10.1. The van der Waals surface area contributed by atoms with Gasteiger partial charge in [-0.25, -0.2) is 9.67 Å². The van der Waals surface area contributed by atoms with Crippen molar-refractivity contribution in [2.45, 2.75) is 26.2 Å². The number of para-hydroxylation sites is 2. The van der Waals surface area contributed by atoms with Gasteiger partial charge in [-0.2, -0.15) is 5.10 Å². The number of halogens is 1. The highest BCUT2D eigenvalue weighted by Crippen LogP contribution is 2.64. The molecule has 2 aliphatic heterocycles. The number of hydrogen-bond acceptors (Lipinski definition) is 4. The van der Waals surface area contributed by atoms with Crippen LogP contribution in [0.2, 0.25) is 0 Å². The van der Waals surface area contributed by atoms with Crippen LogP contribution >= 0.6 is 23.0 Å². The van der Waals surface area contributed by atoms with E-state index >= 15 is 0 Å². The van der Waals surface area contributed by atoms with Crippen LogP contribution in [0.25, 0.3) is 5.69 Å². The van der Waals surface area contributed by atoms with Gasteiger partial charge < -0.3 is 4.90 Å². The number of likely N-dealkylation sites (N-methyl/N-ethyl adjacent to an activating group) is 1. The van der Waals surface area contributed by atoms with Gasteiger partial charge in [-0.15, -0.1) is 0 Å². The molecule has 3 heterocycles. The van der Waals surface area contributed by atoms with Crippen LogP contribution in [0.4, 0.5) is 17.2 Å². The molecule has 0 spiro atoms. The number of allylic oxidation sites excluding steroid dienone is 2. The predicted octanol–water partition coefficient (Wildman–Crippen LogP) is 8.78. The molecule has 4 aromatic carbocycles. The van der Waals surface area contributed by atoms with E-state index in [2.05, 4.69) is 146 Å². The molecule has 1 unspecified atom stereocenters. The van der Waals surface area contributed by atoms with E-state index in [0.717, 1.165) is 38.0 Å². The van der Waals surface area contributed by atoms with Crippen molar-refractivity contribution >= 4 is 57.0 Å². The quantitative estimate of drug-likeness (QED) is 0.187. The molecule has 7 rings (SSSR count). The lowest BCUT2D eigenvalue weighted by atomic mass is 9.84. The predicted molar refractivity (Wildman–Crippen MR) is 180 cm³/mol. The molecule has 2 aliphatic rings. The average Bonchev–Trinajstić information content (AvgIpc) is 3.46. The number of nitrogens with zero attached hydrogens (tertiary/aromatic N) is 5. The van der Waals surface area contributed by atoms with Crippen LogP contribution in [-0.2, 0) is 5.41 Å². The fourth-order valence-corrected chi connectivity index (χ4v) is 10.9. The third-order valence-corrected chi connectivity index (χ3v) is 12.6. The highest BCUT2D eigenvalue weighted by atomic mass is 79.9. The molecular formula is C35H31BrN5P. The summed E-state index contributed by atoms with van der Waals surface area (Å²) in [4.78, 5) is 7.56. The zero-order valence-electron chi connectivity index (χ0n) is 24.0. The molecule has 5 nitrogen and oxygen atoms in total. The first-order chi connectivity index (χ1) is 20.3. The van der Waals surface area contributed by atoms with Gasteiger partial charge in [-0.1, -0.05) is 96.5 Å². The van der Waals surface area contributed by atoms with Crippen molar-refractivity contribution in [3.8, 4) is 5.69 Å². The van der Waals surface area contributed by atoms with Gasteiger partial charge in [0.15, 0.2) is 5.82 Å². The van der Waals surface area contributed by atoms with Crippen molar-refractivity contribution < 1.29 is 0 Å². The largest absolute Gasteiger partial charge is 0.346 e. The zero-order chi connectivity index (χ0) is 29.1. The summed E-state index contributed by atoms with van der Waals surface area (Å²) in [7, 11) is -0.518. The average molecular weight is 633 g/mol. The summed E-state index contributed by atoms with van der Waals surface area (Å²) in [5, 5.41) is 8.56. The van der Waals surface area contributed by atoms with E-state index < -0.39 is 7.05 Å². The van der Waals surface area contributed by atoms with Gasteiger partial charge in [0, 0.05) is 45.2 Å². The Bertz CT molecular complexity index is 1940. The van der Waals surface area contributed by atoms with E-state index in [1.165, 1.54) is 22.3 Å². The summed E-state index contributed by atoms with van der Waals surface area (Å²) in [6, 6.07) is 38.1. The second-order valence-electron chi connectivity index (χ2n) is 11.2. The maximum atomic E-state index is 5.82. The summed E-state index contributed by atoms with van der Waals surface area (Å²) in [5.74, 6) is 0.845. The molecule has 0 amide bonds. The first-order valence-corrected chi connectivity index (χ1v) is 16.6. The van der Waals surface area contributed by atoms with Gasteiger partial charge in [0.2, 0.25) is 0 Å². The fraction of sp³-hybridized carbons (Fsp3) is 0.143. The van der Waals surface area contributed by atoms with Crippen molar-refractivity contribution in [2.75, 3.05) is 11.9 Å². The standard InChI is InChI=1S/C35H31BrN5P/c1-24-32-34(41(38-24)27-13-7-5-8-14-27)37-23-31(33-35(2,3)29-17-11-12-18-30(29)40(33)4)42(32,28-15-9-6-10-16-28)39-26-21-19-25(36)20-22-26/h5-23H,1-4H3. The lowest BCUT2D eigenvalue weighted by molar-refractivity contribution is 0.639. The second-order valence-corrected chi connectivity index (χ2v) is 15.1. The number of hydrogen-bond donors (Lipinski definition) is 0. The fourth-order valence-electron chi connectivity index (χ4n) is 6.50. The number of benzene rings is 4. The van der Waals surface area contributed by atoms with E-state index in [9.17, 15) is 0 Å². The van der Waals surface area contributed by atoms with Crippen LogP contribution < -0.4 is 15.5 Å². The van der Waals surface area contributed by atoms with Crippen molar-refractivity contribution in [3.63, 3.8) is 0 Å². The van der Waals surface area contributed by atoms with Crippen LogP contribution in [0.5, 0.6) is 0 Å². The Hall–Kier alpha value is -3.99. The smallest absolute Gasteiger partial charge is 0.165 e. The van der Waals surface area contributed by atoms with E-state index in [0.29, 0.717) is 0 Å². The summed E-state index contributed by atoms with van der Waals surface area (Å²) in [6.45, 7) is 6.75. The zero-order valence-corrected chi connectivity index (χ0v) is 26.5. The van der Waals surface area contributed by atoms with Crippen molar-refractivity contribution in [2.24, 2.45) is 9.74 Å². The first-order valence-electron chi connectivity index (χ1n) is 14.0. The first kappa shape index (κ1) is 26.9. The van der Waals surface area contributed by atoms with Crippen molar-refractivity contribution in [3.05, 3.63) is 136 Å². The highest BCUT2D eigenvalue weighted by Gasteiger charge is 2.47. The third kappa shape index (κ3) is 4.00. The minimum Gasteiger partial charge on any atom is -0.346 e. The van der Waals surface area contributed by atoms with Gasteiger partial charge in [0.1, 0.15) is 0 Å². The Morgan fingerprint density at radius 3 is 2.14 bits per heavy atom. The number of anilines is 1. The van der Waals surface area contributed by atoms with Crippen LogP contribution in [0.1, 0.15) is 25.1 Å². The molecule has 208 valence electrons. The van der Waals surface area contributed by atoms with Gasteiger partial charge in [0.25, 0.3) is 0 Å². The molecule has 7 heteroatoms. The van der Waals surface area contributed by atoms with Crippen molar-refractivity contribution in [1.82, 2.24) is 9.78 Å². The maximum absolute atomic E-state index is 5.82. The molecule has 0 saturated heterocycles. The summed E-state index contributed by atoms with van der Waals surface area (Å²) >= 11 is 3.62. The van der Waals surface area contributed by atoms with Crippen LogP contribution in [-0.4, -0.2) is 23.0 Å². The number of rotatable bonds is 3. The van der Waals surface area contributed by atoms with Crippen molar-refractivity contribution in [1.29, 1.82) is 0 Å². The SMILES string of the molecule is Cc1nn(-c2ccccc2)c2c1P(=Nc1ccc(Br)cc1)(c1ccccc1)C(=C1N(C)c3ccccc3C1(C)C)C=N2. The minimum absolute atomic E-state index is 0.261. The molecule has 0 radical (unpaired) electrons. The molecule has 0 bridgehead atoms. The molecule has 1 aromatic heterocycles. The molecule has 0 saturated carbocycles. The minimum atomic E-state index is -2.70. The van der Waals surface area contributed by atoms with Crippen LogP contribution in [0, 0.1) is 6.92 Å². The van der Waals surface area contributed by atoms with Gasteiger partial charge in [-0.05, 0) is 55.0 Å². The van der Waals surface area contributed by atoms with E-state index in [1.54, 1.807) is 0 Å². The van der Waals surface area contributed by atoms with E-state index in [-0.39, 0.29) is 5.41 Å². The lowest BCUT2D eigenvalue weighted by Crippen LogP contribution is -2.30. The van der Waals surface area contributed by atoms with Gasteiger partial charge in [0.05, 0.1) is 29.4 Å². The Morgan fingerprint density at radius 2 is 1.45 bits per heavy atom. The Morgan fingerprint density at radius 1 is 0.810 bits per heavy atom. The van der Waals surface area contributed by atoms with Gasteiger partial charge >= 0.3 is 0 Å². The Labute approximate surface area is 255 Å². The summed E-state index contributed by atoms with van der Waals surface area (Å²) < 4.78 is 8.83. The van der Waals surface area contributed by atoms with Gasteiger partial charge in [-0.3, -0.25) is 4.74 Å². The number of aliphatic imine (C=N–C) groups is 1.